The van der Waals surface area contributed by atoms with Crippen LogP contribution in [0.1, 0.15) is 0 Å². The summed E-state index contributed by atoms with van der Waals surface area (Å²) in [7, 11) is 2.12. The van der Waals surface area contributed by atoms with Crippen LogP contribution in [-0.4, -0.2) is 48.1 Å². The Kier molecular flexibility index (Phi) is 3.60. The summed E-state index contributed by atoms with van der Waals surface area (Å²) in [5.74, 6) is 0.535. The van der Waals surface area contributed by atoms with Gasteiger partial charge in [0, 0.05) is 44.1 Å². The maximum atomic E-state index is 12.9. The van der Waals surface area contributed by atoms with Gasteiger partial charge in [-0.15, -0.1) is 0 Å². The highest BCUT2D eigenvalue weighted by atomic mass is 19.1. The molecule has 0 amide bonds. The Labute approximate surface area is 117 Å². The molecule has 104 valence electrons. The van der Waals surface area contributed by atoms with Crippen molar-refractivity contribution in [3.8, 4) is 11.1 Å². The Morgan fingerprint density at radius 2 is 1.50 bits per heavy atom. The zero-order valence-electron chi connectivity index (χ0n) is 11.5. The van der Waals surface area contributed by atoms with Gasteiger partial charge < -0.3 is 9.80 Å². The first-order valence-corrected chi connectivity index (χ1v) is 6.74. The molecule has 0 aliphatic carbocycles. The van der Waals surface area contributed by atoms with Gasteiger partial charge in [-0.25, -0.2) is 14.4 Å². The van der Waals surface area contributed by atoms with E-state index >= 15 is 0 Å². The molecule has 0 N–H and O–H groups in total. The Balaban J connectivity index is 1.76. The first-order chi connectivity index (χ1) is 9.72. The van der Waals surface area contributed by atoms with E-state index in [0.717, 1.165) is 43.3 Å². The molecule has 0 saturated carbocycles. The number of likely N-dealkylation sites (N-methyl/N-ethyl adjacent to an activating group) is 1. The molecule has 1 aromatic carbocycles. The third-order valence-corrected chi connectivity index (χ3v) is 3.60. The average Bonchev–Trinajstić information content (AvgIpc) is 2.49. The number of aromatic nitrogens is 2. The minimum Gasteiger partial charge on any atom is -0.338 e. The summed E-state index contributed by atoms with van der Waals surface area (Å²) in [5.41, 5.74) is 1.83. The van der Waals surface area contributed by atoms with Crippen LogP contribution in [0.2, 0.25) is 0 Å². The van der Waals surface area contributed by atoms with Gasteiger partial charge in [0.2, 0.25) is 5.95 Å². The van der Waals surface area contributed by atoms with Gasteiger partial charge in [0.25, 0.3) is 0 Å². The van der Waals surface area contributed by atoms with Crippen molar-refractivity contribution in [3.05, 3.63) is 42.5 Å². The van der Waals surface area contributed by atoms with Crippen molar-refractivity contribution >= 4 is 5.95 Å². The molecule has 20 heavy (non-hydrogen) atoms. The van der Waals surface area contributed by atoms with Crippen molar-refractivity contribution in [1.29, 1.82) is 0 Å². The van der Waals surface area contributed by atoms with E-state index in [4.69, 9.17) is 0 Å². The van der Waals surface area contributed by atoms with E-state index < -0.39 is 0 Å². The number of hydrogen-bond acceptors (Lipinski definition) is 4. The maximum Gasteiger partial charge on any atom is 0.225 e. The smallest absolute Gasteiger partial charge is 0.225 e. The van der Waals surface area contributed by atoms with Crippen molar-refractivity contribution in [3.63, 3.8) is 0 Å². The highest BCUT2D eigenvalue weighted by Gasteiger charge is 2.16. The van der Waals surface area contributed by atoms with Crippen LogP contribution < -0.4 is 4.90 Å². The Bertz CT molecular complexity index is 559. The van der Waals surface area contributed by atoms with Crippen molar-refractivity contribution in [2.24, 2.45) is 0 Å². The summed E-state index contributed by atoms with van der Waals surface area (Å²) in [6.07, 6.45) is 3.60. The predicted molar refractivity (Wildman–Crippen MR) is 77.1 cm³/mol. The lowest BCUT2D eigenvalue weighted by atomic mass is 10.1. The molecule has 0 atom stereocenters. The lowest BCUT2D eigenvalue weighted by Crippen LogP contribution is -2.45. The summed E-state index contributed by atoms with van der Waals surface area (Å²) in [4.78, 5) is 13.3. The molecule has 1 aliphatic rings. The summed E-state index contributed by atoms with van der Waals surface area (Å²) in [5, 5.41) is 0. The largest absolute Gasteiger partial charge is 0.338 e. The fourth-order valence-corrected chi connectivity index (χ4v) is 2.28. The molecule has 1 aliphatic heterocycles. The number of anilines is 1. The van der Waals surface area contributed by atoms with Gasteiger partial charge in [-0.1, -0.05) is 12.1 Å². The molecular weight excluding hydrogens is 255 g/mol. The van der Waals surface area contributed by atoms with Crippen LogP contribution in [0.3, 0.4) is 0 Å². The molecule has 1 aromatic heterocycles. The lowest BCUT2D eigenvalue weighted by Gasteiger charge is -2.32. The van der Waals surface area contributed by atoms with Crippen LogP contribution in [0.15, 0.2) is 36.7 Å². The van der Waals surface area contributed by atoms with Gasteiger partial charge in [-0.3, -0.25) is 0 Å². The van der Waals surface area contributed by atoms with Crippen molar-refractivity contribution < 1.29 is 4.39 Å². The highest BCUT2D eigenvalue weighted by Crippen LogP contribution is 2.19. The van der Waals surface area contributed by atoms with Crippen molar-refractivity contribution in [1.82, 2.24) is 14.9 Å². The highest BCUT2D eigenvalue weighted by molar-refractivity contribution is 5.61. The quantitative estimate of drug-likeness (QED) is 0.837. The van der Waals surface area contributed by atoms with Crippen LogP contribution in [-0.2, 0) is 0 Å². The Hall–Kier alpha value is -2.01. The van der Waals surface area contributed by atoms with Gasteiger partial charge in [0.1, 0.15) is 5.82 Å². The first-order valence-electron chi connectivity index (χ1n) is 6.74. The fraction of sp³-hybridized carbons (Fsp3) is 0.333. The van der Waals surface area contributed by atoms with Crippen molar-refractivity contribution in [2.45, 2.75) is 0 Å². The molecule has 0 spiro atoms. The van der Waals surface area contributed by atoms with E-state index in [1.54, 1.807) is 24.5 Å². The number of nitrogens with zero attached hydrogens (tertiary/aromatic N) is 4. The molecule has 1 saturated heterocycles. The molecule has 1 fully saturated rings. The second-order valence-electron chi connectivity index (χ2n) is 5.07. The average molecular weight is 272 g/mol. The van der Waals surface area contributed by atoms with Crippen molar-refractivity contribution in [2.75, 3.05) is 38.1 Å². The van der Waals surface area contributed by atoms with Gasteiger partial charge in [0.15, 0.2) is 0 Å². The van der Waals surface area contributed by atoms with Gasteiger partial charge >= 0.3 is 0 Å². The van der Waals surface area contributed by atoms with Gasteiger partial charge in [-0.2, -0.15) is 0 Å². The number of benzene rings is 1. The number of halogens is 1. The van der Waals surface area contributed by atoms with E-state index in [-0.39, 0.29) is 5.82 Å². The summed E-state index contributed by atoms with van der Waals surface area (Å²) in [6.45, 7) is 3.96. The third-order valence-electron chi connectivity index (χ3n) is 3.60. The van der Waals surface area contributed by atoms with Crippen LogP contribution in [0.5, 0.6) is 0 Å². The van der Waals surface area contributed by atoms with Crippen LogP contribution in [0.4, 0.5) is 10.3 Å². The molecule has 4 nitrogen and oxygen atoms in total. The maximum absolute atomic E-state index is 12.9. The zero-order valence-corrected chi connectivity index (χ0v) is 11.5. The molecule has 0 bridgehead atoms. The predicted octanol–water partition coefficient (Wildman–Crippen LogP) is 2.03. The molecule has 0 unspecified atom stereocenters. The monoisotopic (exact) mass is 272 g/mol. The second kappa shape index (κ2) is 5.54. The Morgan fingerprint density at radius 3 is 2.10 bits per heavy atom. The molecule has 3 rings (SSSR count). The van der Waals surface area contributed by atoms with Gasteiger partial charge in [0.05, 0.1) is 0 Å². The topological polar surface area (TPSA) is 32.3 Å². The molecule has 2 aromatic rings. The molecular formula is C15H17FN4. The normalized spacial score (nSPS) is 16.4. The summed E-state index contributed by atoms with van der Waals surface area (Å²) >= 11 is 0. The number of rotatable bonds is 2. The molecule has 0 radical (unpaired) electrons. The fourth-order valence-electron chi connectivity index (χ4n) is 2.28. The SMILES string of the molecule is CN1CCN(c2ncc(-c3ccc(F)cc3)cn2)CC1. The van der Waals surface area contributed by atoms with E-state index in [2.05, 4.69) is 26.8 Å². The second-order valence-corrected chi connectivity index (χ2v) is 5.07. The molecule has 5 heteroatoms. The molecule has 2 heterocycles. The van der Waals surface area contributed by atoms with E-state index in [1.165, 1.54) is 12.1 Å². The standard InChI is InChI=1S/C15H17FN4/c1-19-6-8-20(9-7-19)15-17-10-13(11-18-15)12-2-4-14(16)5-3-12/h2-5,10-11H,6-9H2,1H3. The number of piperazine rings is 1. The van der Waals surface area contributed by atoms with Crippen LogP contribution in [0.25, 0.3) is 11.1 Å². The van der Waals surface area contributed by atoms with Crippen LogP contribution >= 0.6 is 0 Å². The lowest BCUT2D eigenvalue weighted by molar-refractivity contribution is 0.311. The Morgan fingerprint density at radius 1 is 0.900 bits per heavy atom. The summed E-state index contributed by atoms with van der Waals surface area (Å²) in [6, 6.07) is 6.38. The summed E-state index contributed by atoms with van der Waals surface area (Å²) < 4.78 is 12.9. The number of hydrogen-bond donors (Lipinski definition) is 0. The zero-order chi connectivity index (χ0) is 13.9. The van der Waals surface area contributed by atoms with E-state index in [0.29, 0.717) is 0 Å². The van der Waals surface area contributed by atoms with E-state index in [1.807, 2.05) is 0 Å². The third kappa shape index (κ3) is 2.77. The van der Waals surface area contributed by atoms with Gasteiger partial charge in [-0.05, 0) is 24.7 Å². The van der Waals surface area contributed by atoms with Crippen LogP contribution in [0, 0.1) is 5.82 Å². The minimum absolute atomic E-state index is 0.233. The first kappa shape index (κ1) is 13.0. The van der Waals surface area contributed by atoms with E-state index in [9.17, 15) is 4.39 Å². The minimum atomic E-state index is -0.233.